The van der Waals surface area contributed by atoms with Gasteiger partial charge in [0, 0.05) is 38.3 Å². The van der Waals surface area contributed by atoms with Crippen molar-refractivity contribution in [3.63, 3.8) is 0 Å². The number of carbonyl (C=O) groups excluding carboxylic acids is 2. The van der Waals surface area contributed by atoms with Crippen LogP contribution >= 0.6 is 7.37 Å². The van der Waals surface area contributed by atoms with E-state index in [2.05, 4.69) is 0 Å². The molecule has 0 saturated carbocycles. The van der Waals surface area contributed by atoms with Gasteiger partial charge in [0.25, 0.3) is 0 Å². The molecule has 3 atom stereocenters. The van der Waals surface area contributed by atoms with Crippen LogP contribution in [0.1, 0.15) is 71.1 Å². The molecule has 164 valence electrons. The highest BCUT2D eigenvalue weighted by atomic mass is 31.2. The fourth-order valence-electron chi connectivity index (χ4n) is 3.65. The minimum absolute atomic E-state index is 0.0540. The van der Waals surface area contributed by atoms with Crippen LogP contribution < -0.4 is 0 Å². The summed E-state index contributed by atoms with van der Waals surface area (Å²) in [6, 6.07) is -0.0971. The van der Waals surface area contributed by atoms with E-state index in [-0.39, 0.29) is 30.9 Å². The average molecular weight is 419 g/mol. The smallest absolute Gasteiger partial charge is 0.222 e. The van der Waals surface area contributed by atoms with Crippen molar-refractivity contribution in [2.24, 2.45) is 0 Å². The van der Waals surface area contributed by atoms with Crippen molar-refractivity contribution in [1.29, 1.82) is 0 Å². The Balaban J connectivity index is 2.28. The number of aliphatic hydroxyl groups excluding tert-OH is 2. The Morgan fingerprint density at radius 2 is 1.71 bits per heavy atom. The van der Waals surface area contributed by atoms with E-state index in [0.717, 1.165) is 38.5 Å². The Morgan fingerprint density at radius 3 is 2.32 bits per heavy atom. The molecule has 1 unspecified atom stereocenters. The Bertz CT molecular complexity index is 527. The van der Waals surface area contributed by atoms with Crippen molar-refractivity contribution < 1.29 is 28.9 Å². The van der Waals surface area contributed by atoms with Crippen LogP contribution in [0.15, 0.2) is 0 Å². The molecule has 0 radical (unpaired) electrons. The van der Waals surface area contributed by atoms with E-state index < -0.39 is 13.5 Å². The number of amides is 1. The molecule has 0 aliphatic carbocycles. The lowest BCUT2D eigenvalue weighted by Crippen LogP contribution is -2.36. The predicted molar refractivity (Wildman–Crippen MR) is 110 cm³/mol. The summed E-state index contributed by atoms with van der Waals surface area (Å²) in [4.78, 5) is 25.2. The van der Waals surface area contributed by atoms with Gasteiger partial charge in [0.15, 0.2) is 7.37 Å². The minimum atomic E-state index is -2.78. The van der Waals surface area contributed by atoms with Crippen molar-refractivity contribution in [1.82, 2.24) is 4.90 Å². The van der Waals surface area contributed by atoms with Gasteiger partial charge >= 0.3 is 0 Å². The quantitative estimate of drug-likeness (QED) is 0.312. The lowest BCUT2D eigenvalue weighted by atomic mass is 10.1. The van der Waals surface area contributed by atoms with Gasteiger partial charge in [-0.1, -0.05) is 25.7 Å². The van der Waals surface area contributed by atoms with Crippen LogP contribution in [0.3, 0.4) is 0 Å². The molecule has 0 aromatic carbocycles. The van der Waals surface area contributed by atoms with E-state index in [4.69, 9.17) is 9.63 Å². The number of hydrogen-bond acceptors (Lipinski definition) is 6. The van der Waals surface area contributed by atoms with Crippen LogP contribution in [-0.4, -0.2) is 71.5 Å². The Hall–Kier alpha value is -0.750. The van der Waals surface area contributed by atoms with Crippen LogP contribution in [-0.2, 0) is 18.7 Å². The molecule has 1 rings (SSSR count). The molecule has 28 heavy (non-hydrogen) atoms. The zero-order chi connectivity index (χ0) is 21.0. The molecule has 8 heteroatoms. The summed E-state index contributed by atoms with van der Waals surface area (Å²) in [5.74, 6) is 0.299. The largest absolute Gasteiger partial charge is 0.394 e. The van der Waals surface area contributed by atoms with E-state index in [9.17, 15) is 19.3 Å². The predicted octanol–water partition coefficient (Wildman–Crippen LogP) is 2.96. The number of nitrogens with zero attached hydrogens (tertiary/aromatic N) is 1. The summed E-state index contributed by atoms with van der Waals surface area (Å²) in [5, 5.41) is 18.8. The number of β-amino-alcohol motifs (C(OH)–C–C–N with tert-alkyl or cyclic N) is 1. The van der Waals surface area contributed by atoms with Gasteiger partial charge in [-0.2, -0.15) is 0 Å². The molecular formula is C20H38NO6P. The molecule has 1 aliphatic rings. The Kier molecular flexibility index (Phi) is 12.2. The highest BCUT2D eigenvalue weighted by Crippen LogP contribution is 2.44. The van der Waals surface area contributed by atoms with Gasteiger partial charge in [0.1, 0.15) is 5.78 Å². The molecule has 0 aromatic rings. The zero-order valence-corrected chi connectivity index (χ0v) is 18.4. The first-order chi connectivity index (χ1) is 13.2. The first-order valence-electron chi connectivity index (χ1n) is 10.5. The lowest BCUT2D eigenvalue weighted by Gasteiger charge is -2.25. The third-order valence-electron chi connectivity index (χ3n) is 5.21. The van der Waals surface area contributed by atoms with Crippen molar-refractivity contribution in [2.75, 3.05) is 32.6 Å². The van der Waals surface area contributed by atoms with E-state index in [1.54, 1.807) is 18.5 Å². The van der Waals surface area contributed by atoms with E-state index in [1.807, 2.05) is 0 Å². The summed E-state index contributed by atoms with van der Waals surface area (Å²) in [6.45, 7) is 3.41. The maximum absolute atomic E-state index is 12.6. The van der Waals surface area contributed by atoms with Crippen LogP contribution in [0.5, 0.6) is 0 Å². The van der Waals surface area contributed by atoms with Gasteiger partial charge in [-0.3, -0.25) is 9.36 Å². The van der Waals surface area contributed by atoms with E-state index in [0.29, 0.717) is 38.4 Å². The number of aliphatic hydroxyl groups is 2. The fraction of sp³-hybridized carbons (Fsp3) is 0.900. The third-order valence-corrected chi connectivity index (χ3v) is 7.01. The van der Waals surface area contributed by atoms with Crippen LogP contribution in [0.2, 0.25) is 0 Å². The van der Waals surface area contributed by atoms with Crippen molar-refractivity contribution in [3.8, 4) is 0 Å². The normalized spacial score (nSPS) is 21.6. The summed E-state index contributed by atoms with van der Waals surface area (Å²) < 4.78 is 17.5. The molecule has 0 spiro atoms. The minimum Gasteiger partial charge on any atom is -0.394 e. The lowest BCUT2D eigenvalue weighted by molar-refractivity contribution is -0.132. The molecule has 0 bridgehead atoms. The topological polar surface area (TPSA) is 104 Å². The van der Waals surface area contributed by atoms with E-state index >= 15 is 0 Å². The SMILES string of the molecule is CC(=O)CCCCCCCCC(=O)N1C[C@@H](O)C[C@H]1CCP(C)(=O)OCCO. The number of unbranched alkanes of at least 4 members (excludes halogenated alkanes) is 5. The Labute approximate surface area is 169 Å². The molecule has 1 amide bonds. The summed E-state index contributed by atoms with van der Waals surface area (Å²) >= 11 is 0. The second-order valence-corrected chi connectivity index (χ2v) is 10.7. The molecule has 2 N–H and O–H groups in total. The van der Waals surface area contributed by atoms with Crippen LogP contribution in [0.4, 0.5) is 0 Å². The molecule has 0 aromatic heterocycles. The monoisotopic (exact) mass is 419 g/mol. The Morgan fingerprint density at radius 1 is 1.11 bits per heavy atom. The number of carbonyl (C=O) groups is 2. The summed E-state index contributed by atoms with van der Waals surface area (Å²) in [5.41, 5.74) is 0. The van der Waals surface area contributed by atoms with Gasteiger partial charge in [-0.15, -0.1) is 0 Å². The van der Waals surface area contributed by atoms with Gasteiger partial charge in [-0.25, -0.2) is 0 Å². The van der Waals surface area contributed by atoms with E-state index in [1.165, 1.54) is 0 Å². The molecule has 1 fully saturated rings. The summed E-state index contributed by atoms with van der Waals surface area (Å²) in [7, 11) is -2.78. The first kappa shape index (κ1) is 25.3. The fourth-order valence-corrected chi connectivity index (χ4v) is 5.02. The van der Waals surface area contributed by atoms with Gasteiger partial charge in [-0.05, 0) is 32.6 Å². The van der Waals surface area contributed by atoms with Crippen molar-refractivity contribution >= 4 is 19.1 Å². The maximum Gasteiger partial charge on any atom is 0.222 e. The third kappa shape index (κ3) is 10.7. The number of Topliss-reactive ketones (excluding diaryl/α,β-unsaturated/α-hetero) is 1. The van der Waals surface area contributed by atoms with Gasteiger partial charge in [0.2, 0.25) is 5.91 Å². The molecule has 1 aliphatic heterocycles. The van der Waals surface area contributed by atoms with Crippen molar-refractivity contribution in [2.45, 2.75) is 83.3 Å². The number of hydrogen-bond donors (Lipinski definition) is 2. The number of ketones is 1. The van der Waals surface area contributed by atoms with Crippen LogP contribution in [0.25, 0.3) is 0 Å². The van der Waals surface area contributed by atoms with Crippen molar-refractivity contribution in [3.05, 3.63) is 0 Å². The number of rotatable bonds is 15. The van der Waals surface area contributed by atoms with Gasteiger partial charge < -0.3 is 24.4 Å². The van der Waals surface area contributed by atoms with Gasteiger partial charge in [0.05, 0.1) is 19.3 Å². The van der Waals surface area contributed by atoms with Crippen LogP contribution in [0, 0.1) is 0 Å². The zero-order valence-electron chi connectivity index (χ0n) is 17.5. The highest BCUT2D eigenvalue weighted by Gasteiger charge is 2.34. The second-order valence-electron chi connectivity index (χ2n) is 8.00. The maximum atomic E-state index is 12.6. The molecule has 1 saturated heterocycles. The average Bonchev–Trinajstić information content (AvgIpc) is 3.01. The molecule has 1 heterocycles. The number of likely N-dealkylation sites (tertiary alicyclic amines) is 1. The molecular weight excluding hydrogens is 381 g/mol. The summed E-state index contributed by atoms with van der Waals surface area (Å²) in [6.07, 6.45) is 8.00. The molecule has 7 nitrogen and oxygen atoms in total. The second kappa shape index (κ2) is 13.5. The standard InChI is InChI=1S/C20H38NO6P/c1-17(23)9-7-5-3-4-6-8-10-20(25)21-16-19(24)15-18(21)11-14-28(2,26)27-13-12-22/h18-19,22,24H,3-16H2,1-2H3/t18-,19+,28?/m1/s1. The highest BCUT2D eigenvalue weighted by molar-refractivity contribution is 7.58. The first-order valence-corrected chi connectivity index (χ1v) is 12.8.